The summed E-state index contributed by atoms with van der Waals surface area (Å²) >= 11 is 0. The van der Waals surface area contributed by atoms with Crippen molar-refractivity contribution in [2.45, 2.75) is 0 Å². The van der Waals surface area contributed by atoms with Gasteiger partial charge in [0.15, 0.2) is 0 Å². The third-order valence-corrected chi connectivity index (χ3v) is 2.55. The molecule has 0 bridgehead atoms. The van der Waals surface area contributed by atoms with Crippen LogP contribution in [0.5, 0.6) is 11.5 Å². The molecule has 3 aromatic rings. The van der Waals surface area contributed by atoms with Crippen LogP contribution in [0.2, 0.25) is 0 Å². The number of nitro groups is 2. The van der Waals surface area contributed by atoms with E-state index in [9.17, 15) is 25.3 Å². The highest BCUT2D eigenvalue weighted by Gasteiger charge is 2.01. The van der Waals surface area contributed by atoms with Gasteiger partial charge in [-0.2, -0.15) is 0 Å². The second-order valence-corrected chi connectivity index (χ2v) is 4.34. The Morgan fingerprint density at radius 1 is 0.885 bits per heavy atom. The maximum Gasteiger partial charge on any atom is 0.269 e. The van der Waals surface area contributed by atoms with Gasteiger partial charge in [0.05, 0.1) is 9.85 Å². The summed E-state index contributed by atoms with van der Waals surface area (Å²) in [5, 5.41) is 39.2. The number of nitro benzene ring substituents is 2. The van der Waals surface area contributed by atoms with Gasteiger partial charge < -0.3 is 15.7 Å². The Labute approximate surface area is 146 Å². The molecule has 0 saturated carbocycles. The molecule has 138 valence electrons. The van der Waals surface area contributed by atoms with Crippen LogP contribution in [0.4, 0.5) is 11.4 Å². The maximum atomic E-state index is 10.4. The summed E-state index contributed by atoms with van der Waals surface area (Å²) in [7, 11) is 0. The Morgan fingerprint density at radius 3 is 1.65 bits per heavy atom. The van der Waals surface area contributed by atoms with Crippen LogP contribution in [0.3, 0.4) is 0 Å². The Balaban J connectivity index is 0.000000372. The molecule has 0 aliphatic heterocycles. The van der Waals surface area contributed by atoms with Crippen LogP contribution in [0.15, 0.2) is 67.3 Å². The topological polar surface area (TPSA) is 191 Å². The number of aromatic amines is 2. The van der Waals surface area contributed by atoms with Crippen LogP contribution in [0, 0.1) is 20.2 Å². The fraction of sp³-hybridized carbons (Fsp3) is 0. The van der Waals surface area contributed by atoms with Crippen molar-refractivity contribution in [3.05, 3.63) is 87.5 Å². The van der Waals surface area contributed by atoms with Crippen molar-refractivity contribution in [1.29, 1.82) is 0 Å². The molecule has 0 aliphatic rings. The van der Waals surface area contributed by atoms with Gasteiger partial charge in [-0.3, -0.25) is 30.2 Å². The van der Waals surface area contributed by atoms with E-state index < -0.39 is 9.85 Å². The van der Waals surface area contributed by atoms with Crippen LogP contribution in [-0.2, 0) is 0 Å². The fourth-order valence-corrected chi connectivity index (χ4v) is 1.38. The van der Waals surface area contributed by atoms with Gasteiger partial charge in [0, 0.05) is 24.3 Å². The van der Waals surface area contributed by atoms with Crippen molar-refractivity contribution in [3.63, 3.8) is 0 Å². The summed E-state index contributed by atoms with van der Waals surface area (Å²) in [4.78, 5) is 24.6. The van der Waals surface area contributed by atoms with E-state index in [4.69, 9.17) is 5.11 Å². The molecule has 0 atom stereocenters. The highest BCUT2D eigenvalue weighted by molar-refractivity contribution is 5.35. The molecule has 11 nitrogen and oxygen atoms in total. The van der Waals surface area contributed by atoms with Crippen LogP contribution in [-0.4, -0.2) is 25.4 Å². The van der Waals surface area contributed by atoms with E-state index in [0.29, 0.717) is 0 Å². The van der Waals surface area contributed by atoms with E-state index in [1.807, 2.05) is 12.4 Å². The van der Waals surface area contributed by atoms with Crippen LogP contribution in [0.25, 0.3) is 0 Å². The van der Waals surface area contributed by atoms with Gasteiger partial charge in [-0.1, -0.05) is 12.1 Å². The number of phenols is 1. The summed E-state index contributed by atoms with van der Waals surface area (Å²) in [5.41, 5.74) is -0.0719. The van der Waals surface area contributed by atoms with E-state index in [2.05, 4.69) is 9.97 Å². The Bertz CT molecular complexity index is 702. The standard InChI is InChI=1S/2C6H5NO3.C3H4N2.H2O/c2*8-6-3-1-5(2-4-6)7(9)10;1-2-5-3-4-1;/h2*1-4,8H;1-3H,(H,4,5);1H2. The first-order valence-corrected chi connectivity index (χ1v) is 6.74. The second-order valence-electron chi connectivity index (χ2n) is 4.34. The van der Waals surface area contributed by atoms with Crippen molar-refractivity contribution in [2.75, 3.05) is 0 Å². The molecule has 0 saturated heterocycles. The molecule has 3 rings (SSSR count). The lowest BCUT2D eigenvalue weighted by molar-refractivity contribution is -0.385. The number of aromatic nitrogens is 2. The third-order valence-electron chi connectivity index (χ3n) is 2.55. The van der Waals surface area contributed by atoms with Crippen LogP contribution in [0.1, 0.15) is 0 Å². The Kier molecular flexibility index (Phi) is 9.76. The minimum absolute atomic E-state index is 0. The van der Waals surface area contributed by atoms with Gasteiger partial charge in [-0.25, -0.2) is 0 Å². The lowest BCUT2D eigenvalue weighted by atomic mass is 10.3. The van der Waals surface area contributed by atoms with Gasteiger partial charge in [0.25, 0.3) is 11.4 Å². The summed E-state index contributed by atoms with van der Waals surface area (Å²) in [6.45, 7) is 0. The molecule has 11 heteroatoms. The molecule has 1 heterocycles. The molecule has 2 aromatic carbocycles. The second kappa shape index (κ2) is 11.5. The van der Waals surface area contributed by atoms with Gasteiger partial charge in [-0.05, 0) is 12.1 Å². The molecular weight excluding hydrogens is 348 g/mol. The maximum absolute atomic E-state index is 10.4. The third kappa shape index (κ3) is 8.59. The van der Waals surface area contributed by atoms with E-state index in [1.165, 1.54) is 36.4 Å². The number of rotatable bonds is 2. The van der Waals surface area contributed by atoms with Crippen molar-refractivity contribution in [3.8, 4) is 11.5 Å². The van der Waals surface area contributed by atoms with E-state index in [-0.39, 0.29) is 28.3 Å². The number of phenolic OH excluding ortho intramolecular Hbond substituents is 1. The van der Waals surface area contributed by atoms with E-state index >= 15 is 0 Å². The van der Waals surface area contributed by atoms with E-state index in [0.717, 1.165) is 12.1 Å². The minimum atomic E-state index is -0.542. The molecular formula is C15H16N4O7. The number of imidazole rings is 1. The summed E-state index contributed by atoms with van der Waals surface area (Å²) in [5.74, 6) is -0.184. The lowest BCUT2D eigenvalue weighted by Gasteiger charge is -2.00. The summed E-state index contributed by atoms with van der Waals surface area (Å²) < 4.78 is 0. The highest BCUT2D eigenvalue weighted by atomic mass is 16.6. The Morgan fingerprint density at radius 2 is 1.35 bits per heavy atom. The number of nitrogens with one attached hydrogen (secondary N) is 2. The number of aromatic hydroxyl groups is 1. The molecule has 0 unspecified atom stereocenters. The minimum Gasteiger partial charge on any atom is -0.872 e. The largest absolute Gasteiger partial charge is 0.872 e. The number of nitrogens with zero attached hydrogens (tertiary/aromatic N) is 2. The number of non-ortho nitro benzene ring substituents is 2. The van der Waals surface area contributed by atoms with Gasteiger partial charge in [0.2, 0.25) is 6.33 Å². The first kappa shape index (κ1) is 22.0. The smallest absolute Gasteiger partial charge is 0.269 e. The number of benzene rings is 2. The first-order valence-electron chi connectivity index (χ1n) is 6.74. The number of hydrogen-bond donors (Lipinski definition) is 2. The predicted octanol–water partition coefficient (Wildman–Crippen LogP) is 0.973. The van der Waals surface area contributed by atoms with Gasteiger partial charge >= 0.3 is 0 Å². The van der Waals surface area contributed by atoms with Crippen LogP contribution < -0.4 is 10.1 Å². The molecule has 1 aromatic heterocycles. The zero-order chi connectivity index (χ0) is 18.7. The fourth-order valence-electron chi connectivity index (χ4n) is 1.38. The van der Waals surface area contributed by atoms with Crippen molar-refractivity contribution >= 4 is 11.4 Å². The Hall–Kier alpha value is -3.99. The summed E-state index contributed by atoms with van der Waals surface area (Å²) in [6.07, 6.45) is 5.39. The van der Waals surface area contributed by atoms with Gasteiger partial charge in [-0.15, -0.1) is 5.75 Å². The monoisotopic (exact) mass is 364 g/mol. The number of H-pyrrole nitrogens is 2. The SMILES string of the molecule is O.O=[N+]([O-])c1ccc(O)cc1.O=[N+]([O-])c1ccc([O-])cc1.c1c[nH+]c[nH]1. The molecule has 0 aliphatic carbocycles. The van der Waals surface area contributed by atoms with Crippen molar-refractivity contribution in [1.82, 2.24) is 4.98 Å². The molecule has 0 fully saturated rings. The average molecular weight is 364 g/mol. The normalized spacial score (nSPS) is 8.62. The van der Waals surface area contributed by atoms with Crippen molar-refractivity contribution < 1.29 is 30.5 Å². The van der Waals surface area contributed by atoms with Gasteiger partial charge in [0.1, 0.15) is 18.1 Å². The zero-order valence-electron chi connectivity index (χ0n) is 13.2. The van der Waals surface area contributed by atoms with Crippen molar-refractivity contribution in [2.24, 2.45) is 0 Å². The summed E-state index contributed by atoms with van der Waals surface area (Å²) in [6, 6.07) is 9.74. The molecule has 0 spiro atoms. The predicted molar refractivity (Wildman–Crippen MR) is 88.3 cm³/mol. The average Bonchev–Trinajstić information content (AvgIpc) is 3.16. The van der Waals surface area contributed by atoms with Crippen LogP contribution >= 0.6 is 0 Å². The molecule has 0 radical (unpaired) electrons. The quantitative estimate of drug-likeness (QED) is 0.502. The molecule has 5 N–H and O–H groups in total. The molecule has 0 amide bonds. The number of hydrogen-bond acceptors (Lipinski definition) is 6. The van der Waals surface area contributed by atoms with E-state index in [1.54, 1.807) is 6.33 Å². The lowest BCUT2D eigenvalue weighted by Crippen LogP contribution is -1.90. The zero-order valence-corrected chi connectivity index (χ0v) is 13.2. The molecule has 26 heavy (non-hydrogen) atoms. The highest BCUT2D eigenvalue weighted by Crippen LogP contribution is 2.15. The first-order chi connectivity index (χ1) is 11.9.